The first kappa shape index (κ1) is 14.0. The molecular weight excluding hydrogens is 218 g/mol. The van der Waals surface area contributed by atoms with E-state index in [1.807, 2.05) is 0 Å². The lowest BCUT2D eigenvalue weighted by Gasteiger charge is -2.44. The van der Waals surface area contributed by atoms with Gasteiger partial charge in [-0.25, -0.2) is 0 Å². The summed E-state index contributed by atoms with van der Waals surface area (Å²) in [7, 11) is 0. The van der Waals surface area contributed by atoms with Gasteiger partial charge in [-0.3, -0.25) is 9.59 Å². The molecule has 98 valence electrons. The highest BCUT2D eigenvalue weighted by Crippen LogP contribution is 2.44. The zero-order valence-electron chi connectivity index (χ0n) is 10.9. The number of hydrogen-bond donors (Lipinski definition) is 3. The second-order valence-electron chi connectivity index (χ2n) is 5.93. The van der Waals surface area contributed by atoms with Gasteiger partial charge < -0.3 is 16.8 Å². The Morgan fingerprint density at radius 1 is 1.41 bits per heavy atom. The fraction of sp³-hybridized carbons (Fsp3) is 0.833. The number of amides is 2. The lowest BCUT2D eigenvalue weighted by molar-refractivity contribution is -0.139. The van der Waals surface area contributed by atoms with Crippen LogP contribution in [0.4, 0.5) is 0 Å². The summed E-state index contributed by atoms with van der Waals surface area (Å²) in [6, 6.07) is 0. The molecule has 0 aromatic rings. The molecule has 1 aliphatic carbocycles. The van der Waals surface area contributed by atoms with Crippen molar-refractivity contribution in [2.75, 3.05) is 13.1 Å². The van der Waals surface area contributed by atoms with Crippen LogP contribution in [0.2, 0.25) is 0 Å². The Balaban J connectivity index is 2.53. The van der Waals surface area contributed by atoms with Crippen LogP contribution in [-0.2, 0) is 9.59 Å². The molecule has 0 saturated heterocycles. The van der Waals surface area contributed by atoms with E-state index < -0.39 is 16.7 Å². The standard InChI is InChI=1S/C12H23N3O2/c1-8-4-12(5-8,6-13)10(17)15-7-11(2,3)9(14)16/h8H,4-7,13H2,1-3H3,(H2,14,16)(H,15,17). The van der Waals surface area contributed by atoms with Crippen LogP contribution in [0.25, 0.3) is 0 Å². The number of carbonyl (C=O) groups is 2. The molecule has 5 heteroatoms. The van der Waals surface area contributed by atoms with Gasteiger partial charge in [0.05, 0.1) is 10.8 Å². The summed E-state index contributed by atoms with van der Waals surface area (Å²) in [5.41, 5.74) is 9.79. The van der Waals surface area contributed by atoms with Crippen molar-refractivity contribution in [1.82, 2.24) is 5.32 Å². The van der Waals surface area contributed by atoms with Crippen LogP contribution >= 0.6 is 0 Å². The molecule has 0 aliphatic heterocycles. The van der Waals surface area contributed by atoms with E-state index >= 15 is 0 Å². The van der Waals surface area contributed by atoms with Crippen molar-refractivity contribution < 1.29 is 9.59 Å². The molecule has 0 unspecified atom stereocenters. The average molecular weight is 241 g/mol. The second-order valence-corrected chi connectivity index (χ2v) is 5.93. The van der Waals surface area contributed by atoms with Crippen LogP contribution < -0.4 is 16.8 Å². The fourth-order valence-corrected chi connectivity index (χ4v) is 2.29. The topological polar surface area (TPSA) is 98.2 Å². The minimum Gasteiger partial charge on any atom is -0.369 e. The van der Waals surface area contributed by atoms with E-state index in [0.717, 1.165) is 12.8 Å². The van der Waals surface area contributed by atoms with Gasteiger partial charge in [0, 0.05) is 13.1 Å². The molecule has 0 atom stereocenters. The molecule has 1 saturated carbocycles. The molecule has 0 aromatic carbocycles. The summed E-state index contributed by atoms with van der Waals surface area (Å²) in [5.74, 6) is 0.0856. The maximum absolute atomic E-state index is 12.0. The fourth-order valence-electron chi connectivity index (χ4n) is 2.29. The molecule has 1 rings (SSSR count). The van der Waals surface area contributed by atoms with Crippen LogP contribution in [0.15, 0.2) is 0 Å². The van der Waals surface area contributed by atoms with E-state index in [1.54, 1.807) is 13.8 Å². The molecule has 0 bridgehead atoms. The Labute approximate surface area is 102 Å². The maximum atomic E-state index is 12.0. The van der Waals surface area contributed by atoms with Gasteiger partial charge in [0.25, 0.3) is 0 Å². The SMILES string of the molecule is CC1CC(CN)(C(=O)NCC(C)(C)C(N)=O)C1. The third kappa shape index (κ3) is 2.77. The Hall–Kier alpha value is -1.10. The van der Waals surface area contributed by atoms with Gasteiger partial charge in [-0.05, 0) is 32.6 Å². The average Bonchev–Trinajstić information content (AvgIpc) is 2.21. The molecule has 0 spiro atoms. The molecule has 1 aliphatic rings. The van der Waals surface area contributed by atoms with Crippen molar-refractivity contribution in [2.45, 2.75) is 33.6 Å². The van der Waals surface area contributed by atoms with Gasteiger partial charge in [0.1, 0.15) is 0 Å². The summed E-state index contributed by atoms with van der Waals surface area (Å²) >= 11 is 0. The third-order valence-corrected chi connectivity index (χ3v) is 3.71. The number of nitrogens with two attached hydrogens (primary N) is 2. The first-order valence-corrected chi connectivity index (χ1v) is 6.02. The van der Waals surface area contributed by atoms with E-state index in [-0.39, 0.29) is 12.5 Å². The van der Waals surface area contributed by atoms with Crippen molar-refractivity contribution in [1.29, 1.82) is 0 Å². The normalized spacial score (nSPS) is 28.4. The van der Waals surface area contributed by atoms with Gasteiger partial charge in [-0.2, -0.15) is 0 Å². The molecular formula is C12H23N3O2. The second kappa shape index (κ2) is 4.64. The minimum absolute atomic E-state index is 0.0487. The van der Waals surface area contributed by atoms with E-state index in [9.17, 15) is 9.59 Å². The highest BCUT2D eigenvalue weighted by molar-refractivity contribution is 5.85. The van der Waals surface area contributed by atoms with E-state index in [1.165, 1.54) is 0 Å². The van der Waals surface area contributed by atoms with E-state index in [2.05, 4.69) is 12.2 Å². The number of carbonyl (C=O) groups excluding carboxylic acids is 2. The molecule has 1 fully saturated rings. The van der Waals surface area contributed by atoms with Gasteiger partial charge in [-0.1, -0.05) is 6.92 Å². The van der Waals surface area contributed by atoms with Crippen molar-refractivity contribution in [3.05, 3.63) is 0 Å². The van der Waals surface area contributed by atoms with Gasteiger partial charge >= 0.3 is 0 Å². The summed E-state index contributed by atoms with van der Waals surface area (Å²) < 4.78 is 0. The first-order valence-electron chi connectivity index (χ1n) is 6.02. The molecule has 5 nitrogen and oxygen atoms in total. The summed E-state index contributed by atoms with van der Waals surface area (Å²) in [6.45, 7) is 6.16. The summed E-state index contributed by atoms with van der Waals surface area (Å²) in [6.07, 6.45) is 1.65. The number of hydrogen-bond acceptors (Lipinski definition) is 3. The Morgan fingerprint density at radius 3 is 2.29 bits per heavy atom. The monoisotopic (exact) mass is 241 g/mol. The molecule has 17 heavy (non-hydrogen) atoms. The van der Waals surface area contributed by atoms with Crippen LogP contribution in [0, 0.1) is 16.7 Å². The molecule has 2 amide bonds. The smallest absolute Gasteiger partial charge is 0.227 e. The van der Waals surface area contributed by atoms with Gasteiger partial charge in [0.2, 0.25) is 11.8 Å². The van der Waals surface area contributed by atoms with Crippen LogP contribution in [0.3, 0.4) is 0 Å². The Morgan fingerprint density at radius 2 is 1.94 bits per heavy atom. The van der Waals surface area contributed by atoms with E-state index in [0.29, 0.717) is 12.5 Å². The van der Waals surface area contributed by atoms with Crippen molar-refractivity contribution in [2.24, 2.45) is 28.2 Å². The van der Waals surface area contributed by atoms with Gasteiger partial charge in [-0.15, -0.1) is 0 Å². The maximum Gasteiger partial charge on any atom is 0.227 e. The van der Waals surface area contributed by atoms with E-state index in [4.69, 9.17) is 11.5 Å². The highest BCUT2D eigenvalue weighted by atomic mass is 16.2. The highest BCUT2D eigenvalue weighted by Gasteiger charge is 2.47. The quantitative estimate of drug-likeness (QED) is 0.631. The number of nitrogens with one attached hydrogen (secondary N) is 1. The Kier molecular flexibility index (Phi) is 3.81. The van der Waals surface area contributed by atoms with Crippen LogP contribution in [0.1, 0.15) is 33.6 Å². The lowest BCUT2D eigenvalue weighted by Crippen LogP contribution is -2.55. The predicted molar refractivity (Wildman–Crippen MR) is 65.9 cm³/mol. The van der Waals surface area contributed by atoms with Crippen LogP contribution in [0.5, 0.6) is 0 Å². The Bertz CT molecular complexity index is 320. The zero-order valence-corrected chi connectivity index (χ0v) is 10.9. The largest absolute Gasteiger partial charge is 0.369 e. The molecule has 5 N–H and O–H groups in total. The van der Waals surface area contributed by atoms with Crippen LogP contribution in [-0.4, -0.2) is 24.9 Å². The lowest BCUT2D eigenvalue weighted by atomic mass is 9.62. The molecule has 0 aromatic heterocycles. The van der Waals surface area contributed by atoms with Crippen molar-refractivity contribution >= 4 is 11.8 Å². The third-order valence-electron chi connectivity index (χ3n) is 3.71. The van der Waals surface area contributed by atoms with Crippen molar-refractivity contribution in [3.63, 3.8) is 0 Å². The summed E-state index contributed by atoms with van der Waals surface area (Å²) in [5, 5.41) is 2.80. The molecule has 0 radical (unpaired) electrons. The zero-order chi connectivity index (χ0) is 13.3. The predicted octanol–water partition coefficient (Wildman–Crippen LogP) is -0.0109. The minimum atomic E-state index is -0.721. The number of primary amides is 1. The first-order chi connectivity index (χ1) is 7.73. The number of rotatable bonds is 5. The molecule has 0 heterocycles. The van der Waals surface area contributed by atoms with Gasteiger partial charge in [0.15, 0.2) is 0 Å². The summed E-state index contributed by atoms with van der Waals surface area (Å²) in [4.78, 5) is 23.2. The van der Waals surface area contributed by atoms with Crippen molar-refractivity contribution in [3.8, 4) is 0 Å².